The number of amides is 2. The third-order valence-electron chi connectivity index (χ3n) is 7.13. The van der Waals surface area contributed by atoms with E-state index in [9.17, 15) is 14.7 Å². The first kappa shape index (κ1) is 27.4. The van der Waals surface area contributed by atoms with Crippen molar-refractivity contribution in [2.45, 2.75) is 25.7 Å². The van der Waals surface area contributed by atoms with Gasteiger partial charge in [-0.05, 0) is 72.7 Å². The van der Waals surface area contributed by atoms with Crippen LogP contribution < -0.4 is 15.4 Å². The fourth-order valence-corrected chi connectivity index (χ4v) is 4.83. The van der Waals surface area contributed by atoms with Crippen molar-refractivity contribution in [2.24, 2.45) is 0 Å². The average Bonchev–Trinajstić information content (AvgIpc) is 2.96. The number of likely N-dealkylation sites (tertiary alicyclic amines) is 1. The van der Waals surface area contributed by atoms with Crippen LogP contribution in [0.4, 0.5) is 5.69 Å². The van der Waals surface area contributed by atoms with E-state index < -0.39 is 0 Å². The summed E-state index contributed by atoms with van der Waals surface area (Å²) in [6, 6.07) is 18.1. The van der Waals surface area contributed by atoms with Gasteiger partial charge in [0, 0.05) is 54.9 Å². The van der Waals surface area contributed by atoms with Crippen LogP contribution in [0.2, 0.25) is 0 Å². The van der Waals surface area contributed by atoms with E-state index in [1.165, 1.54) is 31.0 Å². The molecule has 2 amide bonds. The molecule has 1 saturated heterocycles. The number of benzene rings is 3. The number of carbonyl (C=O) groups excluding carboxylic acids is 2. The number of carbonyl (C=O) groups is 2. The minimum absolute atomic E-state index is 0.0609. The van der Waals surface area contributed by atoms with Crippen LogP contribution in [0, 0.1) is 12.3 Å². The highest BCUT2D eigenvalue weighted by Gasteiger charge is 2.25. The fraction of sp³-hybridized carbons (Fsp3) is 0.258. The quantitative estimate of drug-likeness (QED) is 0.302. The van der Waals surface area contributed by atoms with Gasteiger partial charge in [0.25, 0.3) is 11.8 Å². The van der Waals surface area contributed by atoms with E-state index in [4.69, 9.17) is 10.1 Å². The standard InChI is InChI=1S/C31H34N4O4/c1-20-4-5-25(16-27(20)34-30(37)24-10-11-29(39-3)28(36)17-24)31(38)35-14-12-23(13-15-35)21-6-8-22(9-7-21)26(18-32)19-33-2/h4-11,16-19,23,32-33,36H,12-15H2,1-3H3,(H,34,37)/b26-19+,32-18?. The monoisotopic (exact) mass is 526 g/mol. The van der Waals surface area contributed by atoms with Crippen molar-refractivity contribution in [3.05, 3.63) is 94.7 Å². The molecule has 0 spiro atoms. The Labute approximate surface area is 228 Å². The molecule has 0 saturated carbocycles. The lowest BCUT2D eigenvalue weighted by molar-refractivity contribution is 0.0712. The zero-order valence-electron chi connectivity index (χ0n) is 22.5. The predicted molar refractivity (Wildman–Crippen MR) is 154 cm³/mol. The molecule has 1 heterocycles. The van der Waals surface area contributed by atoms with Gasteiger partial charge in [0.1, 0.15) is 0 Å². The molecular formula is C31H34N4O4. The highest BCUT2D eigenvalue weighted by Crippen LogP contribution is 2.31. The van der Waals surface area contributed by atoms with Gasteiger partial charge in [-0.25, -0.2) is 0 Å². The minimum Gasteiger partial charge on any atom is -0.504 e. The Morgan fingerprint density at radius 1 is 1.00 bits per heavy atom. The summed E-state index contributed by atoms with van der Waals surface area (Å²) in [6.45, 7) is 3.17. The number of nitrogens with zero attached hydrogens (tertiary/aromatic N) is 1. The molecule has 3 aromatic rings. The third kappa shape index (κ3) is 6.29. The number of allylic oxidation sites excluding steroid dienone is 1. The summed E-state index contributed by atoms with van der Waals surface area (Å²) >= 11 is 0. The van der Waals surface area contributed by atoms with Crippen LogP contribution in [0.1, 0.15) is 56.2 Å². The second-order valence-corrected chi connectivity index (χ2v) is 9.59. The first-order valence-electron chi connectivity index (χ1n) is 12.9. The molecule has 0 aliphatic carbocycles. The topological polar surface area (TPSA) is 115 Å². The molecule has 202 valence electrons. The van der Waals surface area contributed by atoms with Crippen molar-refractivity contribution in [1.82, 2.24) is 10.2 Å². The van der Waals surface area contributed by atoms with Gasteiger partial charge < -0.3 is 30.8 Å². The normalized spacial score (nSPS) is 14.0. The number of anilines is 1. The molecule has 4 N–H and O–H groups in total. The minimum atomic E-state index is -0.387. The molecule has 1 aliphatic rings. The van der Waals surface area contributed by atoms with Crippen molar-refractivity contribution in [1.29, 1.82) is 5.41 Å². The van der Waals surface area contributed by atoms with Crippen molar-refractivity contribution < 1.29 is 19.4 Å². The van der Waals surface area contributed by atoms with Crippen molar-refractivity contribution >= 4 is 29.3 Å². The molecule has 1 aliphatic heterocycles. The second-order valence-electron chi connectivity index (χ2n) is 9.59. The lowest BCUT2D eigenvalue weighted by Gasteiger charge is -2.32. The number of hydrogen-bond donors (Lipinski definition) is 4. The molecule has 0 aromatic heterocycles. The Hall–Kier alpha value is -4.59. The molecule has 0 bridgehead atoms. The smallest absolute Gasteiger partial charge is 0.255 e. The molecule has 8 heteroatoms. The molecule has 4 rings (SSSR count). The molecule has 0 unspecified atom stereocenters. The highest BCUT2D eigenvalue weighted by atomic mass is 16.5. The Morgan fingerprint density at radius 3 is 2.28 bits per heavy atom. The number of aryl methyl sites for hydroxylation is 1. The van der Waals surface area contributed by atoms with Crippen LogP contribution in [-0.4, -0.2) is 55.3 Å². The second kappa shape index (κ2) is 12.3. The molecular weight excluding hydrogens is 492 g/mol. The number of aromatic hydroxyl groups is 1. The van der Waals surface area contributed by atoms with Crippen LogP contribution in [0.3, 0.4) is 0 Å². The predicted octanol–water partition coefficient (Wildman–Crippen LogP) is 5.19. The maximum Gasteiger partial charge on any atom is 0.255 e. The highest BCUT2D eigenvalue weighted by molar-refractivity contribution is 6.08. The fourth-order valence-electron chi connectivity index (χ4n) is 4.83. The molecule has 39 heavy (non-hydrogen) atoms. The first-order chi connectivity index (χ1) is 18.8. The van der Waals surface area contributed by atoms with Gasteiger partial charge in [0.2, 0.25) is 0 Å². The molecule has 0 atom stereocenters. The number of phenols is 1. The third-order valence-corrected chi connectivity index (χ3v) is 7.13. The van der Waals surface area contributed by atoms with Crippen molar-refractivity contribution in [2.75, 3.05) is 32.6 Å². The number of ether oxygens (including phenoxy) is 1. The van der Waals surface area contributed by atoms with Crippen LogP contribution in [0.15, 0.2) is 66.9 Å². The van der Waals surface area contributed by atoms with E-state index in [-0.39, 0.29) is 28.9 Å². The largest absolute Gasteiger partial charge is 0.504 e. The Balaban J connectivity index is 1.40. The number of phenolic OH excluding ortho intramolecular Hbond substituents is 1. The summed E-state index contributed by atoms with van der Waals surface area (Å²) in [7, 11) is 3.26. The summed E-state index contributed by atoms with van der Waals surface area (Å²) in [5.74, 6) is 0.0890. The van der Waals surface area contributed by atoms with E-state index in [1.807, 2.05) is 37.1 Å². The number of hydrogen-bond acceptors (Lipinski definition) is 6. The zero-order valence-corrected chi connectivity index (χ0v) is 22.5. The summed E-state index contributed by atoms with van der Waals surface area (Å²) < 4.78 is 5.04. The van der Waals surface area contributed by atoms with Crippen molar-refractivity contribution in [3.63, 3.8) is 0 Å². The summed E-state index contributed by atoms with van der Waals surface area (Å²) in [6.07, 6.45) is 4.87. The Bertz CT molecular complexity index is 1390. The molecule has 0 radical (unpaired) electrons. The van der Waals surface area contributed by atoms with Gasteiger partial charge in [0.05, 0.1) is 7.11 Å². The van der Waals surface area contributed by atoms with Crippen LogP contribution in [0.5, 0.6) is 11.5 Å². The van der Waals surface area contributed by atoms with Gasteiger partial charge in [-0.2, -0.15) is 0 Å². The lowest BCUT2D eigenvalue weighted by atomic mass is 9.88. The first-order valence-corrected chi connectivity index (χ1v) is 12.9. The molecule has 1 fully saturated rings. The average molecular weight is 527 g/mol. The van der Waals surface area contributed by atoms with Gasteiger partial charge >= 0.3 is 0 Å². The van der Waals surface area contributed by atoms with Gasteiger partial charge in [-0.1, -0.05) is 30.3 Å². The zero-order chi connectivity index (χ0) is 27.9. The van der Waals surface area contributed by atoms with Gasteiger partial charge in [0.15, 0.2) is 11.5 Å². The van der Waals surface area contributed by atoms with E-state index in [0.717, 1.165) is 29.5 Å². The number of piperidine rings is 1. The summed E-state index contributed by atoms with van der Waals surface area (Å²) in [5, 5.41) is 23.4. The molecule has 8 nitrogen and oxygen atoms in total. The van der Waals surface area contributed by atoms with Gasteiger partial charge in [-0.15, -0.1) is 0 Å². The van der Waals surface area contributed by atoms with Crippen LogP contribution in [-0.2, 0) is 0 Å². The van der Waals surface area contributed by atoms with E-state index in [1.54, 1.807) is 24.4 Å². The number of methoxy groups -OCH3 is 1. The van der Waals surface area contributed by atoms with E-state index in [2.05, 4.69) is 22.8 Å². The van der Waals surface area contributed by atoms with E-state index >= 15 is 0 Å². The lowest BCUT2D eigenvalue weighted by Crippen LogP contribution is -2.38. The number of nitrogens with one attached hydrogen (secondary N) is 3. The Morgan fingerprint density at radius 2 is 1.67 bits per heavy atom. The summed E-state index contributed by atoms with van der Waals surface area (Å²) in [4.78, 5) is 28.0. The Kier molecular flexibility index (Phi) is 8.66. The van der Waals surface area contributed by atoms with Crippen molar-refractivity contribution in [3.8, 4) is 11.5 Å². The van der Waals surface area contributed by atoms with E-state index in [0.29, 0.717) is 30.3 Å². The summed E-state index contributed by atoms with van der Waals surface area (Å²) in [5.41, 5.74) is 5.23. The number of rotatable bonds is 8. The maximum absolute atomic E-state index is 13.3. The van der Waals surface area contributed by atoms with Crippen LogP contribution >= 0.6 is 0 Å². The SMILES string of the molecule is CN/C=C(\C=N)c1ccc(C2CCN(C(=O)c3ccc(C)c(NC(=O)c4ccc(OC)c(O)c4)c3)CC2)cc1. The van der Waals surface area contributed by atoms with Gasteiger partial charge in [-0.3, -0.25) is 9.59 Å². The molecule has 3 aromatic carbocycles. The van der Waals surface area contributed by atoms with Crippen LogP contribution in [0.25, 0.3) is 5.57 Å². The maximum atomic E-state index is 13.3.